The van der Waals surface area contributed by atoms with Gasteiger partial charge in [-0.3, -0.25) is 19.1 Å². The van der Waals surface area contributed by atoms with Crippen molar-refractivity contribution in [3.8, 4) is 0 Å². The van der Waals surface area contributed by atoms with Gasteiger partial charge >= 0.3 is 5.97 Å². The monoisotopic (exact) mass is 600 g/mol. The summed E-state index contributed by atoms with van der Waals surface area (Å²) in [5, 5.41) is 16.9. The van der Waals surface area contributed by atoms with E-state index in [1.54, 1.807) is 35.9 Å². The van der Waals surface area contributed by atoms with Gasteiger partial charge in [0.15, 0.2) is 5.69 Å². The van der Waals surface area contributed by atoms with Crippen molar-refractivity contribution in [1.29, 1.82) is 0 Å². The number of carboxylic acid groups (broad SMARTS) is 1. The number of halogens is 2. The lowest BCUT2D eigenvalue weighted by molar-refractivity contribution is -0.144. The predicted octanol–water partition coefficient (Wildman–Crippen LogP) is 4.44. The SMILES string of the molecule is CO[C@H]1C[C@@H](CO[C@H]2CC[C@H](C(=O)O)CC2)N(C(=O)Cc2cc(Cl)c(NC(=O)c3nn(C)c4ccccc34)cc2F)C1. The number of fused-ring (bicyclic) bond motifs is 1. The number of anilines is 1. The Balaban J connectivity index is 1.23. The van der Waals surface area contributed by atoms with Gasteiger partial charge in [0.05, 0.1) is 53.4 Å². The summed E-state index contributed by atoms with van der Waals surface area (Å²) in [5.74, 6) is -2.58. The minimum Gasteiger partial charge on any atom is -0.481 e. The Morgan fingerprint density at radius 2 is 1.88 bits per heavy atom. The first-order chi connectivity index (χ1) is 20.1. The van der Waals surface area contributed by atoms with Crippen LogP contribution in [0.5, 0.6) is 0 Å². The summed E-state index contributed by atoms with van der Waals surface area (Å²) >= 11 is 6.43. The normalized spacial score (nSPS) is 22.4. The molecule has 2 aliphatic rings. The van der Waals surface area contributed by atoms with Gasteiger partial charge in [0.25, 0.3) is 5.91 Å². The van der Waals surface area contributed by atoms with E-state index < -0.39 is 17.7 Å². The molecule has 3 aromatic rings. The molecule has 2 aromatic carbocycles. The van der Waals surface area contributed by atoms with Crippen molar-refractivity contribution in [1.82, 2.24) is 14.7 Å². The van der Waals surface area contributed by atoms with Crippen molar-refractivity contribution in [2.75, 3.05) is 25.6 Å². The van der Waals surface area contributed by atoms with E-state index in [0.717, 1.165) is 11.6 Å². The highest BCUT2D eigenvalue weighted by atomic mass is 35.5. The molecule has 1 aliphatic heterocycles. The molecule has 1 saturated carbocycles. The quantitative estimate of drug-likeness (QED) is 0.372. The summed E-state index contributed by atoms with van der Waals surface area (Å²) in [7, 11) is 3.32. The zero-order valence-corrected chi connectivity index (χ0v) is 24.3. The van der Waals surface area contributed by atoms with Crippen molar-refractivity contribution in [3.63, 3.8) is 0 Å². The van der Waals surface area contributed by atoms with E-state index in [4.69, 9.17) is 21.1 Å². The van der Waals surface area contributed by atoms with Crippen LogP contribution in [0.15, 0.2) is 36.4 Å². The van der Waals surface area contributed by atoms with Gasteiger partial charge in [0, 0.05) is 26.1 Å². The Bertz CT molecular complexity index is 1490. The van der Waals surface area contributed by atoms with E-state index in [9.17, 15) is 19.5 Å². The van der Waals surface area contributed by atoms with Crippen LogP contribution in [-0.4, -0.2) is 76.1 Å². The summed E-state index contributed by atoms with van der Waals surface area (Å²) in [6.07, 6.45) is 2.61. The van der Waals surface area contributed by atoms with Crippen LogP contribution >= 0.6 is 11.6 Å². The summed E-state index contributed by atoms with van der Waals surface area (Å²) < 4.78 is 28.4. The Morgan fingerprint density at radius 3 is 2.60 bits per heavy atom. The molecule has 12 heteroatoms. The van der Waals surface area contributed by atoms with Crippen LogP contribution in [0.2, 0.25) is 5.02 Å². The molecule has 1 aromatic heterocycles. The van der Waals surface area contributed by atoms with Crippen LogP contribution in [0, 0.1) is 11.7 Å². The van der Waals surface area contributed by atoms with Crippen molar-refractivity contribution in [3.05, 3.63) is 58.5 Å². The molecular weight excluding hydrogens is 567 g/mol. The highest BCUT2D eigenvalue weighted by molar-refractivity contribution is 6.34. The van der Waals surface area contributed by atoms with Crippen LogP contribution < -0.4 is 5.32 Å². The molecule has 224 valence electrons. The highest BCUT2D eigenvalue weighted by Gasteiger charge is 2.37. The number of methoxy groups -OCH3 is 1. The number of aromatic nitrogens is 2. The maximum absolute atomic E-state index is 15.2. The van der Waals surface area contributed by atoms with Crippen LogP contribution in [0.25, 0.3) is 10.9 Å². The number of nitrogens with zero attached hydrogens (tertiary/aromatic N) is 3. The fraction of sp³-hybridized carbons (Fsp3) is 0.467. The number of hydrogen-bond donors (Lipinski definition) is 2. The van der Waals surface area contributed by atoms with Crippen LogP contribution in [-0.2, 0) is 32.5 Å². The molecule has 2 N–H and O–H groups in total. The lowest BCUT2D eigenvalue weighted by atomic mass is 9.87. The number of carbonyl (C=O) groups is 3. The topological polar surface area (TPSA) is 123 Å². The molecule has 10 nitrogen and oxygen atoms in total. The number of aryl methyl sites for hydroxylation is 1. The number of nitrogens with one attached hydrogen (secondary N) is 1. The Labute approximate surface area is 247 Å². The maximum Gasteiger partial charge on any atom is 0.306 e. The van der Waals surface area contributed by atoms with E-state index in [-0.39, 0.29) is 58.5 Å². The van der Waals surface area contributed by atoms with E-state index in [0.29, 0.717) is 50.6 Å². The van der Waals surface area contributed by atoms with E-state index >= 15 is 4.39 Å². The zero-order chi connectivity index (χ0) is 30.0. The summed E-state index contributed by atoms with van der Waals surface area (Å²) in [4.78, 5) is 39.2. The first-order valence-corrected chi connectivity index (χ1v) is 14.4. The van der Waals surface area contributed by atoms with Gasteiger partial charge in [-0.1, -0.05) is 29.8 Å². The lowest BCUT2D eigenvalue weighted by Gasteiger charge is -2.30. The van der Waals surface area contributed by atoms with Gasteiger partial charge in [0.2, 0.25) is 5.91 Å². The van der Waals surface area contributed by atoms with Gasteiger partial charge in [-0.05, 0) is 55.9 Å². The molecule has 2 heterocycles. The van der Waals surface area contributed by atoms with Gasteiger partial charge < -0.3 is 24.8 Å². The van der Waals surface area contributed by atoms with Gasteiger partial charge in [-0.15, -0.1) is 0 Å². The standard InChI is InChI=1S/C30H34ClFN4O6/c1-35-26-6-4-3-5-22(26)28(34-35)29(38)33-25-14-24(32)18(11-23(25)31)12-27(37)36-15-21(41-2)13-19(36)16-42-20-9-7-17(8-10-20)30(39)40/h3-6,11,14,17,19-21H,7-10,12-13,15-16H2,1-2H3,(H,33,38)(H,39,40)/t17-,19-,20-,21-/m0/s1. The maximum atomic E-state index is 15.2. The van der Waals surface area contributed by atoms with Crippen molar-refractivity contribution >= 4 is 46.0 Å². The first-order valence-electron chi connectivity index (χ1n) is 14.0. The van der Waals surface area contributed by atoms with E-state index in [2.05, 4.69) is 10.4 Å². The molecule has 2 amide bonds. The molecule has 2 atom stereocenters. The molecule has 1 aliphatic carbocycles. The zero-order valence-electron chi connectivity index (χ0n) is 23.5. The lowest BCUT2D eigenvalue weighted by Crippen LogP contribution is -2.40. The number of carboxylic acids is 1. The van der Waals surface area contributed by atoms with E-state index in [1.165, 1.54) is 6.07 Å². The third-order valence-corrected chi connectivity index (χ3v) is 8.59. The summed E-state index contributed by atoms with van der Waals surface area (Å²) in [6.45, 7) is 0.654. The first kappa shape index (κ1) is 29.9. The Morgan fingerprint density at radius 1 is 1.14 bits per heavy atom. The minimum atomic E-state index is -0.770. The second-order valence-corrected chi connectivity index (χ2v) is 11.4. The van der Waals surface area contributed by atoms with E-state index in [1.807, 2.05) is 12.1 Å². The van der Waals surface area contributed by atoms with Gasteiger partial charge in [-0.2, -0.15) is 5.10 Å². The average molecular weight is 601 g/mol. The molecule has 0 spiro atoms. The van der Waals surface area contributed by atoms with Gasteiger partial charge in [-0.25, -0.2) is 4.39 Å². The van der Waals surface area contributed by atoms with Crippen molar-refractivity contribution in [2.45, 2.75) is 56.8 Å². The van der Waals surface area contributed by atoms with Gasteiger partial charge in [0.1, 0.15) is 5.82 Å². The number of para-hydroxylation sites is 1. The third kappa shape index (κ3) is 6.43. The van der Waals surface area contributed by atoms with Crippen molar-refractivity contribution < 1.29 is 33.4 Å². The molecular formula is C30H34ClFN4O6. The third-order valence-electron chi connectivity index (χ3n) is 8.28. The number of carbonyl (C=O) groups excluding carboxylic acids is 2. The molecule has 0 radical (unpaired) electrons. The summed E-state index contributed by atoms with van der Waals surface area (Å²) in [5.41, 5.74) is 1.16. The largest absolute Gasteiger partial charge is 0.481 e. The number of ether oxygens (including phenoxy) is 2. The molecule has 5 rings (SSSR count). The predicted molar refractivity (Wildman–Crippen MR) is 154 cm³/mol. The Kier molecular flexibility index (Phi) is 9.10. The molecule has 1 saturated heterocycles. The number of rotatable bonds is 9. The minimum absolute atomic E-state index is 0.0535. The van der Waals surface area contributed by atoms with Crippen LogP contribution in [0.4, 0.5) is 10.1 Å². The number of likely N-dealkylation sites (tertiary alicyclic amines) is 1. The number of hydrogen-bond acceptors (Lipinski definition) is 6. The molecule has 0 bridgehead atoms. The second-order valence-electron chi connectivity index (χ2n) is 11.0. The van der Waals surface area contributed by atoms with Crippen LogP contribution in [0.3, 0.4) is 0 Å². The fourth-order valence-electron chi connectivity index (χ4n) is 5.88. The molecule has 42 heavy (non-hydrogen) atoms. The van der Waals surface area contributed by atoms with Crippen LogP contribution in [0.1, 0.15) is 48.2 Å². The Hall–Kier alpha value is -3.54. The molecule has 2 fully saturated rings. The number of amides is 2. The average Bonchev–Trinajstić information content (AvgIpc) is 3.56. The number of aliphatic carboxylic acids is 1. The number of benzene rings is 2. The smallest absolute Gasteiger partial charge is 0.306 e. The van der Waals surface area contributed by atoms with Crippen molar-refractivity contribution in [2.24, 2.45) is 13.0 Å². The fourth-order valence-corrected chi connectivity index (χ4v) is 6.11. The second kappa shape index (κ2) is 12.8. The highest BCUT2D eigenvalue weighted by Crippen LogP contribution is 2.30. The molecule has 0 unspecified atom stereocenters. The summed E-state index contributed by atoms with van der Waals surface area (Å²) in [6, 6.07) is 9.50.